The lowest BCUT2D eigenvalue weighted by molar-refractivity contribution is 0.0948. The molecule has 0 radical (unpaired) electrons. The molecule has 8 nitrogen and oxygen atoms in total. The number of rotatable bonds is 6. The van der Waals surface area contributed by atoms with Crippen LogP contribution in [0.2, 0.25) is 0 Å². The third kappa shape index (κ3) is 5.65. The quantitative estimate of drug-likeness (QED) is 0.398. The van der Waals surface area contributed by atoms with E-state index < -0.39 is 0 Å². The molecule has 1 aliphatic rings. The van der Waals surface area contributed by atoms with Gasteiger partial charge in [0.05, 0.1) is 18.5 Å². The normalized spacial score (nSPS) is 14.3. The first-order valence-corrected chi connectivity index (χ1v) is 11.0. The first kappa shape index (κ1) is 22.3. The maximum Gasteiger partial charge on any atom is 0.251 e. The molecule has 172 valence electrons. The molecule has 1 saturated heterocycles. The molecule has 2 heterocycles. The highest BCUT2D eigenvalue weighted by atomic mass is 16.3. The van der Waals surface area contributed by atoms with Crippen molar-refractivity contribution < 1.29 is 14.3 Å². The summed E-state index contributed by atoms with van der Waals surface area (Å²) in [5.41, 5.74) is 2.46. The van der Waals surface area contributed by atoms with Crippen molar-refractivity contribution in [1.29, 1.82) is 0 Å². The van der Waals surface area contributed by atoms with Crippen molar-refractivity contribution in [2.45, 2.75) is 13.1 Å². The minimum Gasteiger partial charge on any atom is -0.506 e. The molecule has 1 fully saturated rings. The van der Waals surface area contributed by atoms with Gasteiger partial charge in [0, 0.05) is 45.3 Å². The van der Waals surface area contributed by atoms with E-state index in [1.165, 1.54) is 0 Å². The molecule has 1 amide bonds. The minimum atomic E-state index is -0.141. The third-order valence-corrected chi connectivity index (χ3v) is 5.66. The second kappa shape index (κ2) is 10.6. The molecule has 3 aromatic rings. The van der Waals surface area contributed by atoms with Crippen molar-refractivity contribution in [2.24, 2.45) is 4.99 Å². The van der Waals surface area contributed by atoms with E-state index in [0.29, 0.717) is 30.2 Å². The number of amides is 1. The molecule has 33 heavy (non-hydrogen) atoms. The van der Waals surface area contributed by atoms with E-state index in [-0.39, 0.29) is 5.91 Å². The number of hydrogen-bond acceptors (Lipinski definition) is 5. The number of nitrogens with one attached hydrogen (secondary N) is 2. The van der Waals surface area contributed by atoms with Crippen LogP contribution in [0.4, 0.5) is 5.69 Å². The van der Waals surface area contributed by atoms with E-state index in [2.05, 4.69) is 25.4 Å². The van der Waals surface area contributed by atoms with Crippen LogP contribution in [0.15, 0.2) is 76.3 Å². The molecule has 1 aliphatic heterocycles. The fourth-order valence-electron chi connectivity index (χ4n) is 3.91. The Labute approximate surface area is 193 Å². The van der Waals surface area contributed by atoms with E-state index in [9.17, 15) is 9.90 Å². The van der Waals surface area contributed by atoms with Gasteiger partial charge in [-0.25, -0.2) is 0 Å². The lowest BCUT2D eigenvalue weighted by Crippen LogP contribution is -2.52. The summed E-state index contributed by atoms with van der Waals surface area (Å²) < 4.78 is 5.26. The number of aliphatic imine (C=N–C) groups is 1. The van der Waals surface area contributed by atoms with Gasteiger partial charge in [-0.3, -0.25) is 9.79 Å². The van der Waals surface area contributed by atoms with Crippen molar-refractivity contribution in [3.63, 3.8) is 0 Å². The van der Waals surface area contributed by atoms with Gasteiger partial charge in [-0.05, 0) is 42.0 Å². The van der Waals surface area contributed by atoms with E-state index in [1.54, 1.807) is 31.5 Å². The highest BCUT2D eigenvalue weighted by molar-refractivity contribution is 5.94. The number of benzene rings is 2. The molecule has 0 unspecified atom stereocenters. The Balaban J connectivity index is 1.29. The number of phenols is 1. The largest absolute Gasteiger partial charge is 0.506 e. The number of nitrogens with zero attached hydrogens (tertiary/aromatic N) is 3. The maximum atomic E-state index is 12.5. The van der Waals surface area contributed by atoms with Crippen LogP contribution in [0.3, 0.4) is 0 Å². The number of phenolic OH excluding ortho intramolecular Hbond substituents is 1. The molecule has 0 spiro atoms. The van der Waals surface area contributed by atoms with Gasteiger partial charge in [0.2, 0.25) is 0 Å². The zero-order valence-electron chi connectivity index (χ0n) is 18.7. The summed E-state index contributed by atoms with van der Waals surface area (Å²) in [6, 6.07) is 18.6. The van der Waals surface area contributed by atoms with Gasteiger partial charge in [0.25, 0.3) is 5.91 Å². The van der Waals surface area contributed by atoms with Crippen LogP contribution in [0.1, 0.15) is 21.7 Å². The van der Waals surface area contributed by atoms with Crippen molar-refractivity contribution >= 4 is 17.6 Å². The Bertz CT molecular complexity index is 1090. The van der Waals surface area contributed by atoms with Gasteiger partial charge in [-0.2, -0.15) is 0 Å². The molecule has 1 aromatic heterocycles. The molecule has 0 atom stereocenters. The number of carbonyl (C=O) groups is 1. The molecular weight excluding hydrogens is 418 g/mol. The highest BCUT2D eigenvalue weighted by Crippen LogP contribution is 2.27. The minimum absolute atomic E-state index is 0.141. The number of piperazine rings is 1. The molecule has 3 N–H and O–H groups in total. The fourth-order valence-corrected chi connectivity index (χ4v) is 3.91. The molecule has 0 bridgehead atoms. The monoisotopic (exact) mass is 447 g/mol. The van der Waals surface area contributed by atoms with Crippen molar-refractivity contribution in [1.82, 2.24) is 15.5 Å². The summed E-state index contributed by atoms with van der Waals surface area (Å²) in [5, 5.41) is 16.4. The number of furan rings is 1. The Morgan fingerprint density at radius 1 is 1.00 bits per heavy atom. The lowest BCUT2D eigenvalue weighted by atomic mass is 10.1. The predicted molar refractivity (Wildman–Crippen MR) is 128 cm³/mol. The van der Waals surface area contributed by atoms with Gasteiger partial charge in [-0.1, -0.05) is 24.3 Å². The SMILES string of the molecule is CN=C(NCc1cccc(C(=O)NCc2ccco2)c1)N1CCN(c2ccccc2O)CC1. The fraction of sp³-hybridized carbons (Fsp3) is 0.280. The van der Waals surface area contributed by atoms with Crippen LogP contribution in [0.5, 0.6) is 5.75 Å². The average molecular weight is 448 g/mol. The van der Waals surface area contributed by atoms with Crippen molar-refractivity contribution in [3.8, 4) is 5.75 Å². The number of hydrogen-bond donors (Lipinski definition) is 3. The van der Waals surface area contributed by atoms with Crippen molar-refractivity contribution in [2.75, 3.05) is 38.1 Å². The molecule has 8 heteroatoms. The van der Waals surface area contributed by atoms with Crippen molar-refractivity contribution in [3.05, 3.63) is 83.8 Å². The molecule has 0 aliphatic carbocycles. The smallest absolute Gasteiger partial charge is 0.251 e. The van der Waals surface area contributed by atoms with Gasteiger partial charge >= 0.3 is 0 Å². The zero-order chi connectivity index (χ0) is 23.0. The predicted octanol–water partition coefficient (Wildman–Crippen LogP) is 2.81. The average Bonchev–Trinajstić information content (AvgIpc) is 3.38. The number of para-hydroxylation sites is 2. The number of carbonyl (C=O) groups excluding carboxylic acids is 1. The number of anilines is 1. The maximum absolute atomic E-state index is 12.5. The molecule has 2 aromatic carbocycles. The first-order valence-electron chi connectivity index (χ1n) is 11.0. The summed E-state index contributed by atoms with van der Waals surface area (Å²) in [4.78, 5) is 21.3. The van der Waals surface area contributed by atoms with E-state index in [1.807, 2.05) is 42.5 Å². The summed E-state index contributed by atoms with van der Waals surface area (Å²) in [6.07, 6.45) is 1.59. The van der Waals surface area contributed by atoms with Crippen LogP contribution in [0, 0.1) is 0 Å². The second-order valence-electron chi connectivity index (χ2n) is 7.83. The Morgan fingerprint density at radius 3 is 2.55 bits per heavy atom. The topological polar surface area (TPSA) is 93.3 Å². The van der Waals surface area contributed by atoms with Gasteiger partial charge in [0.1, 0.15) is 11.5 Å². The summed E-state index contributed by atoms with van der Waals surface area (Å²) in [7, 11) is 1.77. The van der Waals surface area contributed by atoms with E-state index >= 15 is 0 Å². The lowest BCUT2D eigenvalue weighted by Gasteiger charge is -2.37. The van der Waals surface area contributed by atoms with Gasteiger partial charge < -0.3 is 30.0 Å². The Hall–Kier alpha value is -3.94. The standard InChI is InChI=1S/C25H29N5O3/c1-26-25(30-13-11-29(12-14-30)22-9-2-3-10-23(22)31)28-17-19-6-4-7-20(16-19)24(32)27-18-21-8-5-15-33-21/h2-10,15-16,31H,11-14,17-18H2,1H3,(H,26,28)(H,27,32). The molecular formula is C25H29N5O3. The second-order valence-corrected chi connectivity index (χ2v) is 7.83. The zero-order valence-corrected chi connectivity index (χ0v) is 18.7. The molecule has 0 saturated carbocycles. The van der Waals surface area contributed by atoms with Crippen LogP contribution in [-0.4, -0.2) is 55.1 Å². The number of aromatic hydroxyl groups is 1. The van der Waals surface area contributed by atoms with Crippen LogP contribution >= 0.6 is 0 Å². The van der Waals surface area contributed by atoms with Crippen LogP contribution < -0.4 is 15.5 Å². The van der Waals surface area contributed by atoms with Crippen LogP contribution in [-0.2, 0) is 13.1 Å². The molecule has 4 rings (SSSR count). The summed E-state index contributed by atoms with van der Waals surface area (Å²) in [6.45, 7) is 4.10. The van der Waals surface area contributed by atoms with Crippen LogP contribution in [0.25, 0.3) is 0 Å². The van der Waals surface area contributed by atoms with Gasteiger partial charge in [-0.15, -0.1) is 0 Å². The van der Waals surface area contributed by atoms with E-state index in [4.69, 9.17) is 4.42 Å². The van der Waals surface area contributed by atoms with E-state index in [0.717, 1.165) is 43.4 Å². The van der Waals surface area contributed by atoms with Gasteiger partial charge in [0.15, 0.2) is 5.96 Å². The third-order valence-electron chi connectivity index (χ3n) is 5.66. The highest BCUT2D eigenvalue weighted by Gasteiger charge is 2.21. The summed E-state index contributed by atoms with van der Waals surface area (Å²) >= 11 is 0. The Morgan fingerprint density at radius 2 is 1.82 bits per heavy atom. The Kier molecular flexibility index (Phi) is 7.14. The first-order chi connectivity index (χ1) is 16.1. The summed E-state index contributed by atoms with van der Waals surface area (Å²) in [5.74, 6) is 1.70. The number of guanidine groups is 1.